The number of rotatable bonds is 4. The Hall–Kier alpha value is -3.05. The lowest BCUT2D eigenvalue weighted by atomic mass is 10.1. The molecule has 142 valence electrons. The Bertz CT molecular complexity index is 1120. The molecular weight excluding hydrogens is 346 g/mol. The van der Waals surface area contributed by atoms with Crippen LogP contribution in [-0.2, 0) is 6.54 Å². The van der Waals surface area contributed by atoms with E-state index in [1.165, 1.54) is 11.1 Å². The summed E-state index contributed by atoms with van der Waals surface area (Å²) in [5, 5.41) is 0. The summed E-state index contributed by atoms with van der Waals surface area (Å²) in [5.74, 6) is 0.753. The van der Waals surface area contributed by atoms with Crippen molar-refractivity contribution < 1.29 is 0 Å². The Morgan fingerprint density at radius 1 is 1.11 bits per heavy atom. The van der Waals surface area contributed by atoms with Crippen LogP contribution in [0.1, 0.15) is 30.4 Å². The summed E-state index contributed by atoms with van der Waals surface area (Å²) < 4.78 is 2.13. The zero-order valence-corrected chi connectivity index (χ0v) is 16.8. The average molecular weight is 371 g/mol. The first-order chi connectivity index (χ1) is 13.5. The smallest absolute Gasteiger partial charge is 0.138 e. The number of nitrogens with zero attached hydrogens (tertiary/aromatic N) is 5. The van der Waals surface area contributed by atoms with Gasteiger partial charge < -0.3 is 4.90 Å². The zero-order valence-electron chi connectivity index (χ0n) is 16.8. The quantitative estimate of drug-likeness (QED) is 0.680. The first kappa shape index (κ1) is 18.3. The van der Waals surface area contributed by atoms with Gasteiger partial charge in [-0.2, -0.15) is 0 Å². The molecule has 0 saturated carbocycles. The monoisotopic (exact) mass is 371 g/mol. The third-order valence-corrected chi connectivity index (χ3v) is 4.77. The van der Waals surface area contributed by atoms with Gasteiger partial charge >= 0.3 is 0 Å². The number of fused-ring (bicyclic) bond motifs is 1. The van der Waals surface area contributed by atoms with Crippen molar-refractivity contribution in [1.29, 1.82) is 0 Å². The van der Waals surface area contributed by atoms with Crippen LogP contribution < -0.4 is 0 Å². The summed E-state index contributed by atoms with van der Waals surface area (Å²) in [6, 6.07) is 6.26. The predicted molar refractivity (Wildman–Crippen MR) is 114 cm³/mol. The number of imidazole rings is 1. The Balaban J connectivity index is 1.95. The van der Waals surface area contributed by atoms with Crippen LogP contribution >= 0.6 is 0 Å². The largest absolute Gasteiger partial charge is 0.305 e. The van der Waals surface area contributed by atoms with Crippen molar-refractivity contribution in [1.82, 2.24) is 24.3 Å². The summed E-state index contributed by atoms with van der Waals surface area (Å²) in [7, 11) is 4.15. The van der Waals surface area contributed by atoms with E-state index in [0.29, 0.717) is 0 Å². The van der Waals surface area contributed by atoms with E-state index >= 15 is 0 Å². The molecule has 3 aromatic rings. The Kier molecular flexibility index (Phi) is 4.92. The lowest BCUT2D eigenvalue weighted by Crippen LogP contribution is -2.10. The van der Waals surface area contributed by atoms with E-state index in [-0.39, 0.29) is 0 Å². The fourth-order valence-corrected chi connectivity index (χ4v) is 3.47. The number of aryl methyl sites for hydroxylation is 1. The predicted octanol–water partition coefficient (Wildman–Crippen LogP) is 4.45. The Morgan fingerprint density at radius 3 is 2.75 bits per heavy atom. The molecule has 0 saturated heterocycles. The number of allylic oxidation sites excluding steroid dienone is 6. The minimum atomic E-state index is 0.753. The molecule has 5 heteroatoms. The van der Waals surface area contributed by atoms with Gasteiger partial charge in [-0.3, -0.25) is 4.40 Å². The average Bonchev–Trinajstić information content (AvgIpc) is 2.88. The van der Waals surface area contributed by atoms with E-state index in [4.69, 9.17) is 4.98 Å². The molecule has 4 rings (SSSR count). The molecule has 3 heterocycles. The summed E-state index contributed by atoms with van der Waals surface area (Å²) in [4.78, 5) is 16.1. The number of hydrogen-bond acceptors (Lipinski definition) is 4. The van der Waals surface area contributed by atoms with Crippen LogP contribution in [-0.4, -0.2) is 38.3 Å². The molecule has 1 aliphatic rings. The van der Waals surface area contributed by atoms with Gasteiger partial charge in [-0.15, -0.1) is 0 Å². The van der Waals surface area contributed by atoms with Crippen molar-refractivity contribution in [3.05, 3.63) is 77.6 Å². The topological polar surface area (TPSA) is 46.3 Å². The second-order valence-corrected chi connectivity index (χ2v) is 7.54. The van der Waals surface area contributed by atoms with Crippen molar-refractivity contribution in [3.8, 4) is 11.4 Å². The molecule has 0 fully saturated rings. The Morgan fingerprint density at radius 2 is 1.96 bits per heavy atom. The number of aromatic nitrogens is 4. The van der Waals surface area contributed by atoms with Gasteiger partial charge in [0, 0.05) is 24.5 Å². The highest BCUT2D eigenvalue weighted by Gasteiger charge is 2.18. The van der Waals surface area contributed by atoms with Crippen molar-refractivity contribution in [2.45, 2.75) is 26.8 Å². The first-order valence-corrected chi connectivity index (χ1v) is 9.51. The van der Waals surface area contributed by atoms with Crippen molar-refractivity contribution >= 4 is 11.2 Å². The van der Waals surface area contributed by atoms with Gasteiger partial charge in [0.15, 0.2) is 0 Å². The standard InChI is InChI=1S/C23H25N5/c1-16-6-5-7-19(9-8-16)22-23(20-10-12-24-17(2)25-20)28-13-11-18(15-27(3)4)14-21(28)26-22/h5,7-14H,6,15H2,1-4H3. The molecule has 0 amide bonds. The minimum absolute atomic E-state index is 0.753. The zero-order chi connectivity index (χ0) is 19.7. The molecule has 0 aliphatic heterocycles. The van der Waals surface area contributed by atoms with Crippen molar-refractivity contribution in [2.24, 2.45) is 0 Å². The maximum absolute atomic E-state index is 5.01. The van der Waals surface area contributed by atoms with E-state index < -0.39 is 0 Å². The molecule has 0 atom stereocenters. The molecule has 0 radical (unpaired) electrons. The fraction of sp³-hybridized carbons (Fsp3) is 0.261. The summed E-state index contributed by atoms with van der Waals surface area (Å²) >= 11 is 0. The SMILES string of the molecule is CC1=CC=C(c2nc3cc(CN(C)C)ccn3c2-c2ccnc(C)n2)C=CC1. The van der Waals surface area contributed by atoms with Gasteiger partial charge in [0.05, 0.1) is 17.1 Å². The molecule has 0 bridgehead atoms. The lowest BCUT2D eigenvalue weighted by Gasteiger charge is -2.10. The minimum Gasteiger partial charge on any atom is -0.305 e. The summed E-state index contributed by atoms with van der Waals surface area (Å²) in [6.45, 7) is 4.94. The molecule has 3 aromatic heterocycles. The van der Waals surface area contributed by atoms with Crippen LogP contribution in [0.5, 0.6) is 0 Å². The van der Waals surface area contributed by atoms with Crippen LogP contribution in [0.15, 0.2) is 60.5 Å². The number of hydrogen-bond donors (Lipinski definition) is 0. The second kappa shape index (κ2) is 7.52. The van der Waals surface area contributed by atoms with Gasteiger partial charge in [0.2, 0.25) is 0 Å². The molecule has 0 aromatic carbocycles. The van der Waals surface area contributed by atoms with Crippen LogP contribution in [0.2, 0.25) is 0 Å². The Labute approximate surface area is 165 Å². The highest BCUT2D eigenvalue weighted by Crippen LogP contribution is 2.31. The van der Waals surface area contributed by atoms with E-state index in [1.807, 2.05) is 19.2 Å². The van der Waals surface area contributed by atoms with Gasteiger partial charge in [0.1, 0.15) is 11.5 Å². The van der Waals surface area contributed by atoms with Crippen LogP contribution in [0.3, 0.4) is 0 Å². The van der Waals surface area contributed by atoms with E-state index in [2.05, 4.69) is 82.9 Å². The molecule has 5 nitrogen and oxygen atoms in total. The van der Waals surface area contributed by atoms with Crippen LogP contribution in [0.4, 0.5) is 0 Å². The molecular formula is C23H25N5. The molecule has 1 aliphatic carbocycles. The van der Waals surface area contributed by atoms with E-state index in [9.17, 15) is 0 Å². The van der Waals surface area contributed by atoms with Crippen molar-refractivity contribution in [2.75, 3.05) is 14.1 Å². The highest BCUT2D eigenvalue weighted by molar-refractivity contribution is 5.84. The molecule has 0 spiro atoms. The molecule has 0 unspecified atom stereocenters. The lowest BCUT2D eigenvalue weighted by molar-refractivity contribution is 0.402. The van der Waals surface area contributed by atoms with Gasteiger partial charge in [-0.1, -0.05) is 29.9 Å². The van der Waals surface area contributed by atoms with E-state index in [0.717, 1.165) is 47.1 Å². The number of pyridine rings is 1. The van der Waals surface area contributed by atoms with Gasteiger partial charge in [-0.25, -0.2) is 15.0 Å². The second-order valence-electron chi connectivity index (χ2n) is 7.54. The van der Waals surface area contributed by atoms with Crippen molar-refractivity contribution in [3.63, 3.8) is 0 Å². The van der Waals surface area contributed by atoms with E-state index in [1.54, 1.807) is 0 Å². The third-order valence-electron chi connectivity index (χ3n) is 4.77. The molecule has 0 N–H and O–H groups in total. The summed E-state index contributed by atoms with van der Waals surface area (Å²) in [6.07, 6.45) is 13.5. The van der Waals surface area contributed by atoms with Gasteiger partial charge in [0.25, 0.3) is 0 Å². The third kappa shape index (κ3) is 3.66. The maximum atomic E-state index is 5.01. The maximum Gasteiger partial charge on any atom is 0.138 e. The van der Waals surface area contributed by atoms with Crippen LogP contribution in [0.25, 0.3) is 22.6 Å². The van der Waals surface area contributed by atoms with Gasteiger partial charge in [-0.05, 0) is 58.1 Å². The first-order valence-electron chi connectivity index (χ1n) is 9.51. The molecule has 28 heavy (non-hydrogen) atoms. The fourth-order valence-electron chi connectivity index (χ4n) is 3.47. The highest BCUT2D eigenvalue weighted by atomic mass is 15.1. The summed E-state index contributed by atoms with van der Waals surface area (Å²) in [5.41, 5.74) is 7.43. The van der Waals surface area contributed by atoms with Crippen LogP contribution in [0, 0.1) is 6.92 Å². The normalized spacial score (nSPS) is 14.3.